The molecule has 2 amide bonds. The molecular formula is C25H20ClN3O7. The van der Waals surface area contributed by atoms with Crippen molar-refractivity contribution in [2.45, 2.75) is 12.1 Å². The fraction of sp³-hybridized carbons (Fsp3) is 0.200. The van der Waals surface area contributed by atoms with Crippen LogP contribution in [0.2, 0.25) is 5.02 Å². The third kappa shape index (κ3) is 3.80. The van der Waals surface area contributed by atoms with Crippen molar-refractivity contribution in [2.75, 3.05) is 24.2 Å². The van der Waals surface area contributed by atoms with E-state index in [1.165, 1.54) is 43.5 Å². The number of imide groups is 1. The van der Waals surface area contributed by atoms with Gasteiger partial charge in [0.15, 0.2) is 6.10 Å². The Hall–Kier alpha value is -4.15. The van der Waals surface area contributed by atoms with Crippen LogP contribution in [0, 0.1) is 16.0 Å². The van der Waals surface area contributed by atoms with Gasteiger partial charge in [-0.3, -0.25) is 24.5 Å². The normalized spacial score (nSPS) is 21.0. The van der Waals surface area contributed by atoms with Crippen LogP contribution in [0.15, 0.2) is 66.7 Å². The van der Waals surface area contributed by atoms with Gasteiger partial charge in [-0.2, -0.15) is 0 Å². The number of benzene rings is 3. The van der Waals surface area contributed by atoms with E-state index in [1.807, 2.05) is 0 Å². The maximum atomic E-state index is 13.7. The van der Waals surface area contributed by atoms with Gasteiger partial charge >= 0.3 is 0 Å². The number of non-ortho nitro benzene ring substituents is 1. The second-order valence-electron chi connectivity index (χ2n) is 8.19. The molecule has 184 valence electrons. The highest BCUT2D eigenvalue weighted by molar-refractivity contribution is 6.30. The van der Waals surface area contributed by atoms with Crippen molar-refractivity contribution in [3.63, 3.8) is 0 Å². The molecule has 3 atom stereocenters. The average molecular weight is 510 g/mol. The fourth-order valence-corrected chi connectivity index (χ4v) is 4.71. The predicted octanol–water partition coefficient (Wildman–Crippen LogP) is 4.32. The summed E-state index contributed by atoms with van der Waals surface area (Å²) in [4.78, 5) is 44.8. The molecule has 0 aromatic heterocycles. The zero-order chi connectivity index (χ0) is 25.6. The molecule has 0 N–H and O–H groups in total. The van der Waals surface area contributed by atoms with Gasteiger partial charge in [0.05, 0.1) is 36.6 Å². The number of hydroxylamine groups is 1. The molecular weight excluding hydrogens is 490 g/mol. The van der Waals surface area contributed by atoms with Crippen LogP contribution in [0.25, 0.3) is 0 Å². The number of halogens is 1. The summed E-state index contributed by atoms with van der Waals surface area (Å²) in [7, 11) is 3.04. The Balaban J connectivity index is 1.59. The molecule has 2 fully saturated rings. The molecule has 36 heavy (non-hydrogen) atoms. The van der Waals surface area contributed by atoms with Gasteiger partial charge in [0.2, 0.25) is 5.91 Å². The number of ether oxygens (including phenoxy) is 2. The molecule has 2 heterocycles. The van der Waals surface area contributed by atoms with Gasteiger partial charge < -0.3 is 9.47 Å². The second-order valence-corrected chi connectivity index (χ2v) is 8.63. The van der Waals surface area contributed by atoms with Crippen LogP contribution in [0.3, 0.4) is 0 Å². The fourth-order valence-electron chi connectivity index (χ4n) is 4.58. The van der Waals surface area contributed by atoms with Crippen LogP contribution < -0.4 is 19.4 Å². The molecule has 3 aromatic rings. The number of carbonyl (C=O) groups is 2. The number of fused-ring (bicyclic) bond motifs is 1. The highest BCUT2D eigenvalue weighted by atomic mass is 35.5. The minimum absolute atomic E-state index is 0.149. The number of anilines is 2. The van der Waals surface area contributed by atoms with Gasteiger partial charge in [-0.1, -0.05) is 11.6 Å². The summed E-state index contributed by atoms with van der Waals surface area (Å²) in [5.41, 5.74) is 1.29. The SMILES string of the molecule is COc1ccc([C@@H]2[C@@H]3C(=O)N(c4ccc([N+](=O)[O-])cc4)C(=O)[C@H]3ON2c2ccc(Cl)cc2)c(OC)c1. The smallest absolute Gasteiger partial charge is 0.269 e. The Morgan fingerprint density at radius 1 is 0.917 bits per heavy atom. The number of nitrogens with zero attached hydrogens (tertiary/aromatic N) is 3. The molecule has 2 aliphatic heterocycles. The number of methoxy groups -OCH3 is 2. The molecule has 11 heteroatoms. The Morgan fingerprint density at radius 3 is 2.19 bits per heavy atom. The highest BCUT2D eigenvalue weighted by Gasteiger charge is 2.60. The summed E-state index contributed by atoms with van der Waals surface area (Å²) in [5, 5.41) is 13.1. The molecule has 3 aromatic carbocycles. The Labute approximate surface area is 210 Å². The zero-order valence-electron chi connectivity index (χ0n) is 19.2. The molecule has 0 spiro atoms. The molecule has 0 aliphatic carbocycles. The number of hydrogen-bond donors (Lipinski definition) is 0. The van der Waals surface area contributed by atoms with Crippen LogP contribution in [-0.4, -0.2) is 37.1 Å². The quantitative estimate of drug-likeness (QED) is 0.274. The first-order valence-corrected chi connectivity index (χ1v) is 11.3. The van der Waals surface area contributed by atoms with Crippen LogP contribution in [-0.2, 0) is 14.4 Å². The maximum Gasteiger partial charge on any atom is 0.269 e. The number of hydrogen-bond acceptors (Lipinski definition) is 8. The molecule has 2 aliphatic rings. The topological polar surface area (TPSA) is 111 Å². The summed E-state index contributed by atoms with van der Waals surface area (Å²) in [5.74, 6) is -0.946. The van der Waals surface area contributed by atoms with E-state index in [0.29, 0.717) is 27.8 Å². The van der Waals surface area contributed by atoms with Crippen molar-refractivity contribution < 1.29 is 28.8 Å². The maximum absolute atomic E-state index is 13.7. The first-order chi connectivity index (χ1) is 17.3. The van der Waals surface area contributed by atoms with Crippen LogP contribution in [0.4, 0.5) is 17.1 Å². The number of carbonyl (C=O) groups excluding carboxylic acids is 2. The lowest BCUT2D eigenvalue weighted by molar-refractivity contribution is -0.384. The number of nitro benzene ring substituents is 1. The van der Waals surface area contributed by atoms with Gasteiger partial charge in [0.1, 0.15) is 17.4 Å². The summed E-state index contributed by atoms with van der Waals surface area (Å²) >= 11 is 6.06. The molecule has 2 saturated heterocycles. The number of rotatable bonds is 6. The van der Waals surface area contributed by atoms with Crippen molar-refractivity contribution in [1.82, 2.24) is 0 Å². The lowest BCUT2D eigenvalue weighted by Gasteiger charge is -2.29. The number of amides is 2. The first-order valence-electron chi connectivity index (χ1n) is 10.9. The van der Waals surface area contributed by atoms with E-state index in [4.69, 9.17) is 25.9 Å². The summed E-state index contributed by atoms with van der Waals surface area (Å²) in [6, 6.07) is 16.5. The summed E-state index contributed by atoms with van der Waals surface area (Å²) < 4.78 is 10.9. The minimum atomic E-state index is -1.11. The summed E-state index contributed by atoms with van der Waals surface area (Å²) in [6.07, 6.45) is -1.11. The van der Waals surface area contributed by atoms with Crippen molar-refractivity contribution in [2.24, 2.45) is 5.92 Å². The highest BCUT2D eigenvalue weighted by Crippen LogP contribution is 2.50. The molecule has 5 rings (SSSR count). The van der Waals surface area contributed by atoms with Crippen LogP contribution >= 0.6 is 11.6 Å². The number of nitro groups is 1. The average Bonchev–Trinajstić information content (AvgIpc) is 3.39. The van der Waals surface area contributed by atoms with E-state index in [9.17, 15) is 19.7 Å². The summed E-state index contributed by atoms with van der Waals surface area (Å²) in [6.45, 7) is 0. The Morgan fingerprint density at radius 2 is 1.58 bits per heavy atom. The van der Waals surface area contributed by atoms with E-state index in [2.05, 4.69) is 0 Å². The Kier molecular flexibility index (Phi) is 5.99. The third-order valence-electron chi connectivity index (χ3n) is 6.27. The largest absolute Gasteiger partial charge is 0.497 e. The van der Waals surface area contributed by atoms with E-state index in [0.717, 1.165) is 4.90 Å². The monoisotopic (exact) mass is 509 g/mol. The lowest BCUT2D eigenvalue weighted by atomic mass is 9.90. The Bertz CT molecular complexity index is 1350. The van der Waals surface area contributed by atoms with Crippen molar-refractivity contribution >= 4 is 40.5 Å². The molecule has 0 saturated carbocycles. The molecule has 0 bridgehead atoms. The van der Waals surface area contributed by atoms with Gasteiger partial charge in [0, 0.05) is 28.8 Å². The van der Waals surface area contributed by atoms with E-state index in [1.54, 1.807) is 42.5 Å². The van der Waals surface area contributed by atoms with Crippen molar-refractivity contribution in [3.05, 3.63) is 87.4 Å². The molecule has 0 unspecified atom stereocenters. The second kappa shape index (κ2) is 9.14. The van der Waals surface area contributed by atoms with Crippen molar-refractivity contribution in [1.29, 1.82) is 0 Å². The zero-order valence-corrected chi connectivity index (χ0v) is 19.9. The van der Waals surface area contributed by atoms with E-state index >= 15 is 0 Å². The predicted molar refractivity (Wildman–Crippen MR) is 130 cm³/mol. The molecule has 10 nitrogen and oxygen atoms in total. The standard InChI is InChI=1S/C25H20ClN3O7/c1-34-18-11-12-19(20(13-18)35-2)22-21-23(36-28(22)16-5-3-14(26)4-6-16)25(31)27(24(21)30)15-7-9-17(10-8-15)29(32)33/h3-13,21-23H,1-2H3/t21-,22+,23-/m0/s1. The lowest BCUT2D eigenvalue weighted by Crippen LogP contribution is -2.37. The van der Waals surface area contributed by atoms with Gasteiger partial charge in [0.25, 0.3) is 11.6 Å². The van der Waals surface area contributed by atoms with E-state index in [-0.39, 0.29) is 11.4 Å². The minimum Gasteiger partial charge on any atom is -0.497 e. The van der Waals surface area contributed by atoms with Gasteiger partial charge in [-0.15, -0.1) is 0 Å². The molecule has 0 radical (unpaired) electrons. The third-order valence-corrected chi connectivity index (χ3v) is 6.53. The van der Waals surface area contributed by atoms with E-state index < -0.39 is 34.8 Å². The van der Waals surface area contributed by atoms with Gasteiger partial charge in [-0.25, -0.2) is 9.96 Å². The van der Waals surface area contributed by atoms with Crippen molar-refractivity contribution in [3.8, 4) is 11.5 Å². The van der Waals surface area contributed by atoms with Crippen LogP contribution in [0.1, 0.15) is 11.6 Å². The van der Waals surface area contributed by atoms with Gasteiger partial charge in [-0.05, 0) is 48.5 Å². The first kappa shape index (κ1) is 23.6. The van der Waals surface area contributed by atoms with Crippen LogP contribution in [0.5, 0.6) is 11.5 Å².